The summed E-state index contributed by atoms with van der Waals surface area (Å²) in [4.78, 5) is 10.8. The van der Waals surface area contributed by atoms with Crippen LogP contribution >= 0.6 is 11.6 Å². The lowest BCUT2D eigenvalue weighted by Gasteiger charge is -1.95. The van der Waals surface area contributed by atoms with Gasteiger partial charge in [0.05, 0.1) is 0 Å². The molecule has 0 bridgehead atoms. The summed E-state index contributed by atoms with van der Waals surface area (Å²) in [6.45, 7) is 7.57. The van der Waals surface area contributed by atoms with Crippen molar-refractivity contribution in [3.8, 4) is 0 Å². The molecule has 0 rings (SSSR count). The summed E-state index contributed by atoms with van der Waals surface area (Å²) in [5.41, 5.74) is 1.39. The smallest absolute Gasteiger partial charge is 0.252 e. The standard InChI is InChI=1S/C10H13ClO/c1-4-6-9(10(11)12)7-8(3)5-2/h4,6-7H,3,5H2,1-2H3. The zero-order valence-electron chi connectivity index (χ0n) is 7.43. The zero-order chi connectivity index (χ0) is 9.56. The molecular weight excluding hydrogens is 172 g/mol. The molecule has 0 aliphatic heterocycles. The third-order valence-electron chi connectivity index (χ3n) is 1.39. The van der Waals surface area contributed by atoms with Gasteiger partial charge in [0.2, 0.25) is 0 Å². The molecule has 2 heteroatoms. The molecule has 0 radical (unpaired) electrons. The Labute approximate surface area is 78.4 Å². The molecule has 0 aromatic heterocycles. The molecule has 1 nitrogen and oxygen atoms in total. The topological polar surface area (TPSA) is 17.1 Å². The fraction of sp³-hybridized carbons (Fsp3) is 0.300. The SMILES string of the molecule is C=C(C=C(C=CC)C(=O)Cl)CC. The minimum absolute atomic E-state index is 0.442. The second-order valence-corrected chi connectivity index (χ2v) is 2.73. The molecule has 0 aromatic carbocycles. The van der Waals surface area contributed by atoms with E-state index < -0.39 is 5.24 Å². The van der Waals surface area contributed by atoms with Gasteiger partial charge in [0.15, 0.2) is 0 Å². The van der Waals surface area contributed by atoms with E-state index in [9.17, 15) is 4.79 Å². The Hall–Kier alpha value is -0.820. The predicted octanol–water partition coefficient (Wildman–Crippen LogP) is 3.22. The van der Waals surface area contributed by atoms with Gasteiger partial charge in [0.25, 0.3) is 5.24 Å². The highest BCUT2D eigenvalue weighted by molar-refractivity contribution is 6.68. The molecule has 0 saturated heterocycles. The largest absolute Gasteiger partial charge is 0.276 e. The van der Waals surface area contributed by atoms with E-state index in [0.29, 0.717) is 5.57 Å². The highest BCUT2D eigenvalue weighted by atomic mass is 35.5. The van der Waals surface area contributed by atoms with Crippen molar-refractivity contribution in [3.63, 3.8) is 0 Å². The van der Waals surface area contributed by atoms with Crippen molar-refractivity contribution in [3.05, 3.63) is 36.0 Å². The van der Waals surface area contributed by atoms with Crippen LogP contribution in [0.3, 0.4) is 0 Å². The van der Waals surface area contributed by atoms with Gasteiger partial charge in [-0.1, -0.05) is 31.2 Å². The molecule has 0 unspecified atom stereocenters. The first-order chi connectivity index (χ1) is 5.61. The van der Waals surface area contributed by atoms with Crippen molar-refractivity contribution in [2.45, 2.75) is 20.3 Å². The third-order valence-corrected chi connectivity index (χ3v) is 1.61. The van der Waals surface area contributed by atoms with Gasteiger partial charge in [0, 0.05) is 5.57 Å². The maximum atomic E-state index is 10.8. The van der Waals surface area contributed by atoms with Gasteiger partial charge in [0.1, 0.15) is 0 Å². The average molecular weight is 185 g/mol. The molecule has 12 heavy (non-hydrogen) atoms. The first-order valence-electron chi connectivity index (χ1n) is 3.83. The van der Waals surface area contributed by atoms with Crippen molar-refractivity contribution in [2.75, 3.05) is 0 Å². The maximum absolute atomic E-state index is 10.8. The van der Waals surface area contributed by atoms with E-state index in [-0.39, 0.29) is 0 Å². The van der Waals surface area contributed by atoms with Gasteiger partial charge in [-0.3, -0.25) is 4.79 Å². The molecule has 0 fully saturated rings. The van der Waals surface area contributed by atoms with Crippen LogP contribution in [0.1, 0.15) is 20.3 Å². The number of carbonyl (C=O) groups excluding carboxylic acids is 1. The summed E-state index contributed by atoms with van der Waals surface area (Å²) in [7, 11) is 0. The van der Waals surface area contributed by atoms with Gasteiger partial charge < -0.3 is 0 Å². The van der Waals surface area contributed by atoms with E-state index in [1.165, 1.54) is 0 Å². The molecular formula is C10H13ClO. The summed E-state index contributed by atoms with van der Waals surface area (Å²) >= 11 is 5.32. The molecule has 0 aromatic rings. The number of halogens is 1. The molecule has 0 amide bonds. The summed E-state index contributed by atoms with van der Waals surface area (Å²) in [6, 6.07) is 0. The monoisotopic (exact) mass is 184 g/mol. The first kappa shape index (κ1) is 11.2. The van der Waals surface area contributed by atoms with Crippen LogP contribution in [0.2, 0.25) is 0 Å². The molecule has 0 atom stereocenters. The Morgan fingerprint density at radius 2 is 2.17 bits per heavy atom. The molecule has 0 aliphatic carbocycles. The fourth-order valence-electron chi connectivity index (χ4n) is 0.672. The first-order valence-corrected chi connectivity index (χ1v) is 4.21. The molecule has 0 N–H and O–H groups in total. The highest BCUT2D eigenvalue weighted by Gasteiger charge is 2.00. The molecule has 0 saturated carbocycles. The summed E-state index contributed by atoms with van der Waals surface area (Å²) < 4.78 is 0. The van der Waals surface area contributed by atoms with Gasteiger partial charge in [-0.15, -0.1) is 0 Å². The Bertz CT molecular complexity index is 236. The van der Waals surface area contributed by atoms with Crippen LogP contribution in [-0.2, 0) is 4.79 Å². The minimum Gasteiger partial charge on any atom is -0.276 e. The number of rotatable bonds is 4. The highest BCUT2D eigenvalue weighted by Crippen LogP contribution is 2.08. The zero-order valence-corrected chi connectivity index (χ0v) is 8.19. The lowest BCUT2D eigenvalue weighted by atomic mass is 10.1. The number of hydrogen-bond acceptors (Lipinski definition) is 1. The average Bonchev–Trinajstić information content (AvgIpc) is 2.03. The predicted molar refractivity (Wildman–Crippen MR) is 53.2 cm³/mol. The summed E-state index contributed by atoms with van der Waals surface area (Å²) in [5.74, 6) is 0. The van der Waals surface area contributed by atoms with E-state index in [1.807, 2.05) is 13.8 Å². The Kier molecular flexibility index (Phi) is 5.39. The minimum atomic E-state index is -0.442. The van der Waals surface area contributed by atoms with Crippen LogP contribution in [-0.4, -0.2) is 5.24 Å². The lowest BCUT2D eigenvalue weighted by molar-refractivity contribution is -0.108. The van der Waals surface area contributed by atoms with Crippen molar-refractivity contribution < 1.29 is 4.79 Å². The van der Waals surface area contributed by atoms with Gasteiger partial charge in [-0.25, -0.2) is 0 Å². The second kappa shape index (κ2) is 5.78. The van der Waals surface area contributed by atoms with Gasteiger partial charge >= 0.3 is 0 Å². The van der Waals surface area contributed by atoms with Crippen molar-refractivity contribution in [2.24, 2.45) is 0 Å². The van der Waals surface area contributed by atoms with Crippen molar-refractivity contribution in [1.29, 1.82) is 0 Å². The molecule has 0 aliphatic rings. The van der Waals surface area contributed by atoms with E-state index >= 15 is 0 Å². The fourth-order valence-corrected chi connectivity index (χ4v) is 0.789. The number of allylic oxidation sites excluding steroid dienone is 5. The lowest BCUT2D eigenvalue weighted by Crippen LogP contribution is -1.90. The maximum Gasteiger partial charge on any atom is 0.252 e. The van der Waals surface area contributed by atoms with Crippen LogP contribution in [0.15, 0.2) is 36.0 Å². The van der Waals surface area contributed by atoms with Crippen molar-refractivity contribution >= 4 is 16.8 Å². The second-order valence-electron chi connectivity index (χ2n) is 2.39. The molecule has 66 valence electrons. The van der Waals surface area contributed by atoms with Crippen LogP contribution < -0.4 is 0 Å². The third kappa shape index (κ3) is 4.14. The van der Waals surface area contributed by atoms with Crippen LogP contribution in [0.25, 0.3) is 0 Å². The number of carbonyl (C=O) groups is 1. The van der Waals surface area contributed by atoms with E-state index in [0.717, 1.165) is 12.0 Å². The van der Waals surface area contributed by atoms with Gasteiger partial charge in [-0.2, -0.15) is 0 Å². The summed E-state index contributed by atoms with van der Waals surface area (Å²) in [6.07, 6.45) is 5.98. The quantitative estimate of drug-likeness (QED) is 0.373. The van der Waals surface area contributed by atoms with E-state index in [4.69, 9.17) is 11.6 Å². The Morgan fingerprint density at radius 3 is 2.50 bits per heavy atom. The molecule has 0 spiro atoms. The number of hydrogen-bond donors (Lipinski definition) is 0. The van der Waals surface area contributed by atoms with Gasteiger partial charge in [-0.05, 0) is 31.0 Å². The summed E-state index contributed by atoms with van der Waals surface area (Å²) in [5, 5.41) is -0.442. The van der Waals surface area contributed by atoms with Crippen LogP contribution in [0.5, 0.6) is 0 Å². The van der Waals surface area contributed by atoms with Crippen molar-refractivity contribution in [1.82, 2.24) is 0 Å². The Balaban J connectivity index is 4.61. The van der Waals surface area contributed by atoms with E-state index in [2.05, 4.69) is 6.58 Å². The normalized spacial score (nSPS) is 12.1. The van der Waals surface area contributed by atoms with Crippen LogP contribution in [0.4, 0.5) is 0 Å². The Morgan fingerprint density at radius 1 is 1.58 bits per heavy atom. The molecule has 0 heterocycles. The van der Waals surface area contributed by atoms with Crippen LogP contribution in [0, 0.1) is 0 Å². The van der Waals surface area contributed by atoms with E-state index in [1.54, 1.807) is 18.2 Å².